The molecule has 1 unspecified atom stereocenters. The fourth-order valence-corrected chi connectivity index (χ4v) is 2.23. The van der Waals surface area contributed by atoms with Crippen molar-refractivity contribution >= 4 is 0 Å². The number of hydrogen-bond acceptors (Lipinski definition) is 2. The summed E-state index contributed by atoms with van der Waals surface area (Å²) in [4.78, 5) is 0. The first-order valence-electron chi connectivity index (χ1n) is 6.24. The van der Waals surface area contributed by atoms with E-state index in [1.165, 1.54) is 26.2 Å². The van der Waals surface area contributed by atoms with Crippen molar-refractivity contribution in [2.45, 2.75) is 18.9 Å². The molecule has 2 aromatic rings. The van der Waals surface area contributed by atoms with Gasteiger partial charge in [0.15, 0.2) is 11.6 Å². The van der Waals surface area contributed by atoms with E-state index < -0.39 is 17.2 Å². The van der Waals surface area contributed by atoms with Crippen LogP contribution in [0.15, 0.2) is 42.5 Å². The van der Waals surface area contributed by atoms with Crippen molar-refractivity contribution < 1.29 is 18.6 Å². The smallest absolute Gasteiger partial charge is 0.164 e. The maximum absolute atomic E-state index is 13.8. The molecule has 0 spiro atoms. The molecular formula is C16H16F2O2. The summed E-state index contributed by atoms with van der Waals surface area (Å²) in [5.41, 5.74) is -0.868. The molecule has 0 saturated heterocycles. The number of aliphatic hydroxyl groups is 1. The van der Waals surface area contributed by atoms with E-state index in [2.05, 4.69) is 0 Å². The third-order valence-corrected chi connectivity index (χ3v) is 3.26. The Morgan fingerprint density at radius 1 is 1.10 bits per heavy atom. The Labute approximate surface area is 116 Å². The molecule has 1 N–H and O–H groups in total. The zero-order chi connectivity index (χ0) is 14.8. The fourth-order valence-electron chi connectivity index (χ4n) is 2.23. The first-order chi connectivity index (χ1) is 9.45. The van der Waals surface area contributed by atoms with Gasteiger partial charge in [-0.05, 0) is 24.6 Å². The van der Waals surface area contributed by atoms with Crippen molar-refractivity contribution in [2.24, 2.45) is 0 Å². The Morgan fingerprint density at radius 2 is 1.80 bits per heavy atom. The van der Waals surface area contributed by atoms with Gasteiger partial charge in [-0.15, -0.1) is 0 Å². The van der Waals surface area contributed by atoms with Crippen LogP contribution in [0.3, 0.4) is 0 Å². The van der Waals surface area contributed by atoms with E-state index >= 15 is 0 Å². The molecule has 106 valence electrons. The SMILES string of the molecule is COc1ccccc1CC(C)(O)c1cccc(F)c1F. The van der Waals surface area contributed by atoms with E-state index in [0.29, 0.717) is 5.75 Å². The minimum atomic E-state index is -1.53. The van der Waals surface area contributed by atoms with Gasteiger partial charge in [0.2, 0.25) is 0 Å². The predicted octanol–water partition coefficient (Wildman–Crippen LogP) is 3.42. The van der Waals surface area contributed by atoms with Crippen LogP contribution in [0.5, 0.6) is 5.75 Å². The van der Waals surface area contributed by atoms with Gasteiger partial charge in [0.05, 0.1) is 12.7 Å². The van der Waals surface area contributed by atoms with Crippen LogP contribution in [-0.4, -0.2) is 12.2 Å². The molecule has 0 aliphatic heterocycles. The molecule has 1 atom stereocenters. The molecule has 0 radical (unpaired) electrons. The Kier molecular flexibility index (Phi) is 4.04. The summed E-state index contributed by atoms with van der Waals surface area (Å²) >= 11 is 0. The van der Waals surface area contributed by atoms with Crippen LogP contribution in [0.2, 0.25) is 0 Å². The van der Waals surface area contributed by atoms with Crippen LogP contribution in [0.25, 0.3) is 0 Å². The molecule has 2 aromatic carbocycles. The normalized spacial score (nSPS) is 13.8. The van der Waals surface area contributed by atoms with E-state index in [0.717, 1.165) is 11.6 Å². The van der Waals surface area contributed by atoms with Crippen LogP contribution < -0.4 is 4.74 Å². The van der Waals surface area contributed by atoms with Crippen molar-refractivity contribution in [2.75, 3.05) is 7.11 Å². The standard InChI is InChI=1S/C16H16F2O2/c1-16(19,12-7-5-8-13(17)15(12)18)10-11-6-3-4-9-14(11)20-2/h3-9,19H,10H2,1-2H3. The van der Waals surface area contributed by atoms with E-state index in [1.54, 1.807) is 24.3 Å². The quantitative estimate of drug-likeness (QED) is 0.928. The molecule has 0 aliphatic carbocycles. The molecule has 0 bridgehead atoms. The van der Waals surface area contributed by atoms with E-state index in [1.807, 2.05) is 0 Å². The molecule has 2 nitrogen and oxygen atoms in total. The zero-order valence-electron chi connectivity index (χ0n) is 11.4. The monoisotopic (exact) mass is 278 g/mol. The van der Waals surface area contributed by atoms with Crippen LogP contribution in [0, 0.1) is 11.6 Å². The molecule has 4 heteroatoms. The van der Waals surface area contributed by atoms with Crippen LogP contribution >= 0.6 is 0 Å². The lowest BCUT2D eigenvalue weighted by Gasteiger charge is -2.25. The largest absolute Gasteiger partial charge is 0.496 e. The second-order valence-electron chi connectivity index (χ2n) is 4.86. The molecule has 0 fully saturated rings. The van der Waals surface area contributed by atoms with Crippen molar-refractivity contribution in [1.29, 1.82) is 0 Å². The highest BCUT2D eigenvalue weighted by atomic mass is 19.2. The number of methoxy groups -OCH3 is 1. The van der Waals surface area contributed by atoms with Crippen molar-refractivity contribution in [1.82, 2.24) is 0 Å². The molecule has 0 aromatic heterocycles. The van der Waals surface area contributed by atoms with Gasteiger partial charge in [0.25, 0.3) is 0 Å². The Balaban J connectivity index is 2.38. The minimum absolute atomic E-state index is 0.0663. The van der Waals surface area contributed by atoms with E-state index in [-0.39, 0.29) is 12.0 Å². The van der Waals surface area contributed by atoms with Gasteiger partial charge in [-0.25, -0.2) is 8.78 Å². The first kappa shape index (κ1) is 14.5. The summed E-state index contributed by atoms with van der Waals surface area (Å²) < 4.78 is 32.3. The Morgan fingerprint density at radius 3 is 2.50 bits per heavy atom. The number of rotatable bonds is 4. The van der Waals surface area contributed by atoms with E-state index in [4.69, 9.17) is 4.74 Å². The number of halogens is 2. The molecule has 0 aliphatic rings. The van der Waals surface area contributed by atoms with Gasteiger partial charge < -0.3 is 9.84 Å². The van der Waals surface area contributed by atoms with Gasteiger partial charge in [-0.1, -0.05) is 30.3 Å². The lowest BCUT2D eigenvalue weighted by molar-refractivity contribution is 0.0524. The molecule has 0 heterocycles. The van der Waals surface area contributed by atoms with Gasteiger partial charge >= 0.3 is 0 Å². The molecule has 20 heavy (non-hydrogen) atoms. The lowest BCUT2D eigenvalue weighted by Crippen LogP contribution is -2.26. The molecule has 0 amide bonds. The van der Waals surface area contributed by atoms with Crippen LogP contribution in [0.4, 0.5) is 8.78 Å². The summed E-state index contributed by atoms with van der Waals surface area (Å²) in [5.74, 6) is -1.39. The number of hydrogen-bond donors (Lipinski definition) is 1. The van der Waals surface area contributed by atoms with Gasteiger partial charge in [-0.2, -0.15) is 0 Å². The second kappa shape index (κ2) is 5.59. The van der Waals surface area contributed by atoms with Gasteiger partial charge in [0, 0.05) is 12.0 Å². The summed E-state index contributed by atoms with van der Waals surface area (Å²) in [5, 5.41) is 10.5. The van der Waals surface area contributed by atoms with Gasteiger partial charge in [-0.3, -0.25) is 0 Å². The second-order valence-corrected chi connectivity index (χ2v) is 4.86. The van der Waals surface area contributed by atoms with Crippen LogP contribution in [-0.2, 0) is 12.0 Å². The predicted molar refractivity (Wildman–Crippen MR) is 72.6 cm³/mol. The topological polar surface area (TPSA) is 29.5 Å². The number of benzene rings is 2. The molecular weight excluding hydrogens is 262 g/mol. The van der Waals surface area contributed by atoms with Gasteiger partial charge in [0.1, 0.15) is 5.75 Å². The summed E-state index contributed by atoms with van der Waals surface area (Å²) in [6, 6.07) is 10.9. The third-order valence-electron chi connectivity index (χ3n) is 3.26. The fraction of sp³-hybridized carbons (Fsp3) is 0.250. The van der Waals surface area contributed by atoms with Crippen molar-refractivity contribution in [3.05, 3.63) is 65.2 Å². The molecule has 2 rings (SSSR count). The van der Waals surface area contributed by atoms with Crippen LogP contribution in [0.1, 0.15) is 18.1 Å². The average molecular weight is 278 g/mol. The summed E-state index contributed by atoms with van der Waals surface area (Å²) in [6.07, 6.45) is 0.122. The maximum Gasteiger partial charge on any atom is 0.164 e. The Bertz CT molecular complexity index is 609. The first-order valence-corrected chi connectivity index (χ1v) is 6.24. The number of para-hydroxylation sites is 1. The van der Waals surface area contributed by atoms with Crippen molar-refractivity contribution in [3.63, 3.8) is 0 Å². The highest BCUT2D eigenvalue weighted by Gasteiger charge is 2.29. The zero-order valence-corrected chi connectivity index (χ0v) is 11.4. The highest BCUT2D eigenvalue weighted by molar-refractivity contribution is 5.36. The molecule has 0 saturated carbocycles. The Hall–Kier alpha value is -1.94. The third kappa shape index (κ3) is 2.80. The summed E-state index contributed by atoms with van der Waals surface area (Å²) in [6.45, 7) is 1.46. The maximum atomic E-state index is 13.8. The minimum Gasteiger partial charge on any atom is -0.496 e. The highest BCUT2D eigenvalue weighted by Crippen LogP contribution is 2.31. The average Bonchev–Trinajstić information content (AvgIpc) is 2.42. The number of ether oxygens (including phenoxy) is 1. The lowest BCUT2D eigenvalue weighted by atomic mass is 9.88. The van der Waals surface area contributed by atoms with E-state index in [9.17, 15) is 13.9 Å². The summed E-state index contributed by atoms with van der Waals surface area (Å²) in [7, 11) is 1.52. The van der Waals surface area contributed by atoms with Crippen molar-refractivity contribution in [3.8, 4) is 5.75 Å².